The van der Waals surface area contributed by atoms with E-state index in [-0.39, 0.29) is 5.78 Å². The van der Waals surface area contributed by atoms with Gasteiger partial charge in [-0.2, -0.15) is 0 Å². The second kappa shape index (κ2) is 7.63. The van der Waals surface area contributed by atoms with Crippen LogP contribution >= 0.6 is 0 Å². The van der Waals surface area contributed by atoms with E-state index < -0.39 is 0 Å². The van der Waals surface area contributed by atoms with Gasteiger partial charge in [-0.05, 0) is 12.1 Å². The van der Waals surface area contributed by atoms with Gasteiger partial charge >= 0.3 is 0 Å². The van der Waals surface area contributed by atoms with E-state index in [0.29, 0.717) is 5.69 Å². The fourth-order valence-corrected chi connectivity index (χ4v) is 1.16. The van der Waals surface area contributed by atoms with Gasteiger partial charge in [-0.1, -0.05) is 27.7 Å². The maximum Gasteiger partial charge on any atom is 0.175 e. The summed E-state index contributed by atoms with van der Waals surface area (Å²) in [5.41, 5.74) is 1.54. The molecule has 0 spiro atoms. The maximum atomic E-state index is 11.0. The molecule has 1 N–H and O–H groups in total. The van der Waals surface area contributed by atoms with E-state index in [2.05, 4.69) is 9.97 Å². The third-order valence-electron chi connectivity index (χ3n) is 1.80. The number of aromatic nitrogens is 2. The third-order valence-corrected chi connectivity index (χ3v) is 1.80. The van der Waals surface area contributed by atoms with E-state index >= 15 is 0 Å². The highest BCUT2D eigenvalue weighted by Gasteiger charge is 2.02. The number of nitrogens with one attached hydrogen (secondary N) is 1. The highest BCUT2D eigenvalue weighted by Crippen LogP contribution is 2.13. The molecule has 3 nitrogen and oxygen atoms in total. The second-order valence-corrected chi connectivity index (χ2v) is 2.70. The molecule has 0 saturated carbocycles. The lowest BCUT2D eigenvalue weighted by Crippen LogP contribution is -1.89. The number of Topliss-reactive ketones (excluding diaryl/α,β-unsaturated/α-hetero) is 1. The summed E-state index contributed by atoms with van der Waals surface area (Å²) < 4.78 is 0. The van der Waals surface area contributed by atoms with Crippen molar-refractivity contribution in [1.29, 1.82) is 0 Å². The van der Waals surface area contributed by atoms with Crippen molar-refractivity contribution in [2.75, 3.05) is 0 Å². The molecule has 2 aromatic heterocycles. The van der Waals surface area contributed by atoms with Gasteiger partial charge in [0.2, 0.25) is 0 Å². The monoisotopic (exact) mass is 220 g/mol. The van der Waals surface area contributed by atoms with Crippen LogP contribution in [0.5, 0.6) is 0 Å². The Kier molecular flexibility index (Phi) is 6.84. The number of rotatable bonds is 1. The van der Waals surface area contributed by atoms with Gasteiger partial charge in [-0.15, -0.1) is 0 Å². The minimum atomic E-state index is 0.0474. The molecular formula is C13H20N2O. The van der Waals surface area contributed by atoms with Crippen molar-refractivity contribution < 1.29 is 4.79 Å². The van der Waals surface area contributed by atoms with Gasteiger partial charge in [0.05, 0.1) is 17.4 Å². The van der Waals surface area contributed by atoms with Crippen LogP contribution in [0.1, 0.15) is 45.1 Å². The summed E-state index contributed by atoms with van der Waals surface area (Å²) in [6.45, 7) is 9.54. The van der Waals surface area contributed by atoms with Crippen molar-refractivity contribution in [1.82, 2.24) is 9.97 Å². The van der Waals surface area contributed by atoms with E-state index in [1.807, 2.05) is 39.8 Å². The predicted molar refractivity (Wildman–Crippen MR) is 68.8 cm³/mol. The first-order valence-corrected chi connectivity index (χ1v) is 5.71. The van der Waals surface area contributed by atoms with Gasteiger partial charge in [0.15, 0.2) is 5.78 Å². The topological polar surface area (TPSA) is 45.8 Å². The second-order valence-electron chi connectivity index (χ2n) is 2.70. The van der Waals surface area contributed by atoms with Gasteiger partial charge < -0.3 is 4.98 Å². The lowest BCUT2D eigenvalue weighted by atomic mass is 10.3. The molecule has 3 heteroatoms. The van der Waals surface area contributed by atoms with Crippen LogP contribution < -0.4 is 0 Å². The van der Waals surface area contributed by atoms with Gasteiger partial charge in [0, 0.05) is 18.5 Å². The summed E-state index contributed by atoms with van der Waals surface area (Å²) in [6.07, 6.45) is 3.42. The molecule has 0 aliphatic rings. The Bertz CT molecular complexity index is 399. The number of carbonyl (C=O) groups excluding carboxylic acids is 1. The first-order chi connectivity index (χ1) is 7.77. The summed E-state index contributed by atoms with van der Waals surface area (Å²) in [7, 11) is 0. The Hall–Kier alpha value is -1.64. The van der Waals surface area contributed by atoms with Crippen LogP contribution in [-0.4, -0.2) is 15.8 Å². The fraction of sp³-hybridized carbons (Fsp3) is 0.385. The van der Waals surface area contributed by atoms with E-state index in [0.717, 1.165) is 10.9 Å². The molecule has 0 atom stereocenters. The number of carbonyl (C=O) groups is 1. The maximum absolute atomic E-state index is 11.0. The van der Waals surface area contributed by atoms with Crippen LogP contribution in [0.25, 0.3) is 10.9 Å². The highest BCUT2D eigenvalue weighted by molar-refractivity contribution is 5.97. The molecule has 0 amide bonds. The van der Waals surface area contributed by atoms with Crippen molar-refractivity contribution in [3.8, 4) is 0 Å². The summed E-state index contributed by atoms with van der Waals surface area (Å²) in [5.74, 6) is 0.0474. The van der Waals surface area contributed by atoms with Gasteiger partial charge in [0.1, 0.15) is 0 Å². The van der Waals surface area contributed by atoms with E-state index in [4.69, 9.17) is 0 Å². The quantitative estimate of drug-likeness (QED) is 0.742. The van der Waals surface area contributed by atoms with Gasteiger partial charge in [0.25, 0.3) is 0 Å². The zero-order valence-electron chi connectivity index (χ0n) is 10.7. The molecule has 2 rings (SSSR count). The Labute approximate surface area is 96.9 Å². The molecule has 88 valence electrons. The van der Waals surface area contributed by atoms with Crippen LogP contribution in [0.15, 0.2) is 24.5 Å². The van der Waals surface area contributed by atoms with Crippen molar-refractivity contribution in [3.05, 3.63) is 30.2 Å². The average Bonchev–Trinajstić information content (AvgIpc) is 2.78. The van der Waals surface area contributed by atoms with Crippen LogP contribution in [0.4, 0.5) is 0 Å². The van der Waals surface area contributed by atoms with Crippen molar-refractivity contribution in [3.63, 3.8) is 0 Å². The number of H-pyrrole nitrogens is 1. The van der Waals surface area contributed by atoms with Gasteiger partial charge in [-0.3, -0.25) is 9.78 Å². The van der Waals surface area contributed by atoms with Crippen molar-refractivity contribution in [2.24, 2.45) is 0 Å². The normalized spacial score (nSPS) is 8.56. The first-order valence-electron chi connectivity index (χ1n) is 5.71. The molecule has 0 radical (unpaired) electrons. The highest BCUT2D eigenvalue weighted by atomic mass is 16.1. The molecule has 16 heavy (non-hydrogen) atoms. The van der Waals surface area contributed by atoms with E-state index in [9.17, 15) is 4.79 Å². The molecule has 2 aromatic rings. The molecule has 0 aliphatic heterocycles. The fourth-order valence-electron chi connectivity index (χ4n) is 1.16. The molecule has 0 bridgehead atoms. The molecule has 0 aromatic carbocycles. The largest absolute Gasteiger partial charge is 0.351 e. The number of ketones is 1. The minimum Gasteiger partial charge on any atom is -0.351 e. The van der Waals surface area contributed by atoms with E-state index in [1.54, 1.807) is 12.4 Å². The first kappa shape index (κ1) is 14.4. The number of pyridine rings is 1. The molecular weight excluding hydrogens is 200 g/mol. The van der Waals surface area contributed by atoms with Crippen molar-refractivity contribution in [2.45, 2.75) is 34.6 Å². The van der Waals surface area contributed by atoms with Crippen molar-refractivity contribution >= 4 is 16.7 Å². The van der Waals surface area contributed by atoms with Crippen LogP contribution in [0.3, 0.4) is 0 Å². The molecule has 0 saturated heterocycles. The summed E-state index contributed by atoms with van der Waals surface area (Å²) in [4.78, 5) is 17.9. The summed E-state index contributed by atoms with van der Waals surface area (Å²) in [6, 6.07) is 3.71. The number of hydrogen-bond acceptors (Lipinski definition) is 2. The lowest BCUT2D eigenvalue weighted by Gasteiger charge is -1.84. The molecule has 2 heterocycles. The van der Waals surface area contributed by atoms with Crippen LogP contribution in [-0.2, 0) is 0 Å². The minimum absolute atomic E-state index is 0.0474. The van der Waals surface area contributed by atoms with Crippen LogP contribution in [0.2, 0.25) is 0 Å². The Morgan fingerprint density at radius 2 is 1.88 bits per heavy atom. The Balaban J connectivity index is 0.000000509. The molecule has 0 aliphatic carbocycles. The van der Waals surface area contributed by atoms with Gasteiger partial charge in [-0.25, -0.2) is 0 Å². The van der Waals surface area contributed by atoms with E-state index in [1.165, 1.54) is 6.92 Å². The standard InChI is InChI=1S/C9H8N2O.2C2H6/c1-6(12)8-4-7-2-3-10-5-9(7)11-8;2*1-2/h2-5,11H,1H3;2*1-2H3. The predicted octanol–water partition coefficient (Wildman–Crippen LogP) is 3.82. The third kappa shape index (κ3) is 3.50. The average molecular weight is 220 g/mol. The Morgan fingerprint density at radius 1 is 1.25 bits per heavy atom. The molecule has 0 unspecified atom stereocenters. The summed E-state index contributed by atoms with van der Waals surface area (Å²) in [5, 5.41) is 1.02. The zero-order chi connectivity index (χ0) is 12.6. The Morgan fingerprint density at radius 3 is 2.38 bits per heavy atom. The smallest absolute Gasteiger partial charge is 0.175 e. The number of aromatic amines is 1. The number of hydrogen-bond donors (Lipinski definition) is 1. The number of fused-ring (bicyclic) bond motifs is 1. The number of nitrogens with zero attached hydrogens (tertiary/aromatic N) is 1. The molecule has 0 fully saturated rings. The van der Waals surface area contributed by atoms with Crippen LogP contribution in [0, 0.1) is 0 Å². The zero-order valence-corrected chi connectivity index (χ0v) is 10.7. The lowest BCUT2D eigenvalue weighted by molar-refractivity contribution is 0.101. The summed E-state index contributed by atoms with van der Waals surface area (Å²) >= 11 is 0. The SMILES string of the molecule is CC.CC.CC(=O)c1cc2ccncc2[nH]1.